The van der Waals surface area contributed by atoms with Crippen LogP contribution in [0.2, 0.25) is 0 Å². The maximum Gasteiger partial charge on any atom is 0.416 e. The van der Waals surface area contributed by atoms with Crippen LogP contribution in [-0.4, -0.2) is 9.46 Å². The van der Waals surface area contributed by atoms with Gasteiger partial charge in [-0.15, -0.1) is 0 Å². The first-order valence-corrected chi connectivity index (χ1v) is 7.76. The van der Waals surface area contributed by atoms with E-state index >= 15 is 0 Å². The molecule has 0 heterocycles. The highest BCUT2D eigenvalue weighted by Crippen LogP contribution is 2.37. The van der Waals surface area contributed by atoms with Crippen LogP contribution >= 0.6 is 0 Å². The van der Waals surface area contributed by atoms with Crippen molar-refractivity contribution >= 4 is 11.0 Å². The molecule has 2 nitrogen and oxygen atoms in total. The van der Waals surface area contributed by atoms with Crippen LogP contribution in [0.25, 0.3) is 0 Å². The molecule has 0 fully saturated rings. The van der Waals surface area contributed by atoms with Gasteiger partial charge in [-0.1, -0.05) is 20.8 Å². The van der Waals surface area contributed by atoms with E-state index in [-0.39, 0.29) is 17.0 Å². The lowest BCUT2D eigenvalue weighted by atomic mass is 9.86. The summed E-state index contributed by atoms with van der Waals surface area (Å²) in [6.07, 6.45) is -4.63. The molecule has 1 aromatic rings. The predicted molar refractivity (Wildman–Crippen MR) is 75.5 cm³/mol. The molecule has 0 spiro atoms. The average Bonchev–Trinajstić information content (AvgIpc) is 2.29. The van der Waals surface area contributed by atoms with E-state index in [9.17, 15) is 21.8 Å². The van der Waals surface area contributed by atoms with Gasteiger partial charge in [0.15, 0.2) is 0 Å². The average molecular weight is 325 g/mol. The van der Waals surface area contributed by atoms with Crippen LogP contribution in [0.3, 0.4) is 0 Å². The fourth-order valence-corrected chi connectivity index (χ4v) is 3.78. The number of halogens is 4. The summed E-state index contributed by atoms with van der Waals surface area (Å²) < 4.78 is 64.0. The van der Waals surface area contributed by atoms with Crippen LogP contribution in [0.5, 0.6) is 0 Å². The Hall–Kier alpha value is -0.950. The zero-order chi connectivity index (χ0) is 16.5. The summed E-state index contributed by atoms with van der Waals surface area (Å²) >= 11 is 0. The molecule has 3 atom stereocenters. The number of alkyl halides is 3. The van der Waals surface area contributed by atoms with Gasteiger partial charge in [-0.05, 0) is 42.0 Å². The van der Waals surface area contributed by atoms with Gasteiger partial charge in [0.2, 0.25) is 0 Å². The lowest BCUT2D eigenvalue weighted by Gasteiger charge is -2.27. The molecule has 0 aliphatic rings. The molecule has 0 radical (unpaired) electrons. The van der Waals surface area contributed by atoms with Crippen LogP contribution in [0.4, 0.5) is 17.6 Å². The highest BCUT2D eigenvalue weighted by atomic mass is 32.2. The molecule has 2 unspecified atom stereocenters. The van der Waals surface area contributed by atoms with E-state index in [2.05, 4.69) is 0 Å². The van der Waals surface area contributed by atoms with E-state index < -0.39 is 39.7 Å². The molecule has 0 aliphatic heterocycles. The van der Waals surface area contributed by atoms with Gasteiger partial charge >= 0.3 is 6.18 Å². The quantitative estimate of drug-likeness (QED) is 0.838. The molecule has 7 heteroatoms. The SMILES string of the molecule is Cc1c([C@@H](C)C(C(C)C)S(N)=O)cc(F)cc1C(F)(F)F. The highest BCUT2D eigenvalue weighted by molar-refractivity contribution is 7.83. The van der Waals surface area contributed by atoms with Gasteiger partial charge in [-0.3, -0.25) is 5.14 Å². The van der Waals surface area contributed by atoms with Crippen LogP contribution in [0.1, 0.15) is 43.4 Å². The van der Waals surface area contributed by atoms with Crippen molar-refractivity contribution in [3.8, 4) is 0 Å². The molecule has 0 aliphatic carbocycles. The fourth-order valence-electron chi connectivity index (χ4n) is 2.69. The van der Waals surface area contributed by atoms with Crippen LogP contribution < -0.4 is 5.14 Å². The number of rotatable bonds is 4. The summed E-state index contributed by atoms with van der Waals surface area (Å²) in [6, 6.07) is 1.55. The number of hydrogen-bond donors (Lipinski definition) is 1. The minimum absolute atomic E-state index is 0.0486. The second-order valence-corrected chi connectivity index (χ2v) is 6.69. The van der Waals surface area contributed by atoms with E-state index in [1.54, 1.807) is 20.8 Å². The zero-order valence-electron chi connectivity index (χ0n) is 12.3. The molecule has 0 amide bonds. The van der Waals surface area contributed by atoms with Gasteiger partial charge in [-0.25, -0.2) is 8.60 Å². The van der Waals surface area contributed by atoms with Crippen molar-refractivity contribution in [3.05, 3.63) is 34.6 Å². The summed E-state index contributed by atoms with van der Waals surface area (Å²) in [4.78, 5) is 0. The first-order valence-electron chi connectivity index (χ1n) is 6.49. The Bertz CT molecular complexity index is 543. The third kappa shape index (κ3) is 4.03. The van der Waals surface area contributed by atoms with E-state index in [1.807, 2.05) is 0 Å². The second kappa shape index (κ2) is 6.44. The number of benzene rings is 1. The van der Waals surface area contributed by atoms with Crippen molar-refractivity contribution in [1.29, 1.82) is 0 Å². The Morgan fingerprint density at radius 1 is 1.19 bits per heavy atom. The predicted octanol–water partition coefficient (Wildman–Crippen LogP) is 3.90. The van der Waals surface area contributed by atoms with Crippen LogP contribution in [0.15, 0.2) is 12.1 Å². The van der Waals surface area contributed by atoms with Gasteiger partial charge in [0.25, 0.3) is 0 Å². The fraction of sp³-hybridized carbons (Fsp3) is 0.571. The number of nitrogens with two attached hydrogens (primary N) is 1. The first-order chi connectivity index (χ1) is 9.46. The minimum atomic E-state index is -4.63. The third-order valence-corrected chi connectivity index (χ3v) is 5.12. The Labute approximate surface area is 124 Å². The normalized spacial score (nSPS) is 16.9. The Balaban J connectivity index is 3.43. The molecule has 0 bridgehead atoms. The summed E-state index contributed by atoms with van der Waals surface area (Å²) in [5, 5.41) is 4.89. The topological polar surface area (TPSA) is 43.1 Å². The van der Waals surface area contributed by atoms with Gasteiger partial charge in [-0.2, -0.15) is 13.2 Å². The van der Waals surface area contributed by atoms with Crippen molar-refractivity contribution in [3.63, 3.8) is 0 Å². The highest BCUT2D eigenvalue weighted by Gasteiger charge is 2.36. The lowest BCUT2D eigenvalue weighted by molar-refractivity contribution is -0.138. The third-order valence-electron chi connectivity index (χ3n) is 3.63. The Morgan fingerprint density at radius 2 is 1.71 bits per heavy atom. The second-order valence-electron chi connectivity index (χ2n) is 5.49. The van der Waals surface area contributed by atoms with Crippen molar-refractivity contribution in [1.82, 2.24) is 0 Å². The van der Waals surface area contributed by atoms with Gasteiger partial charge in [0.05, 0.1) is 21.8 Å². The van der Waals surface area contributed by atoms with Crippen molar-refractivity contribution in [2.45, 2.75) is 45.0 Å². The van der Waals surface area contributed by atoms with Gasteiger partial charge in [0.1, 0.15) is 5.82 Å². The molecule has 21 heavy (non-hydrogen) atoms. The number of hydrogen-bond acceptors (Lipinski definition) is 1. The molecule has 0 aromatic heterocycles. The monoisotopic (exact) mass is 325 g/mol. The van der Waals surface area contributed by atoms with Crippen molar-refractivity contribution in [2.75, 3.05) is 0 Å². The minimum Gasteiger partial charge on any atom is -0.252 e. The Morgan fingerprint density at radius 3 is 2.10 bits per heavy atom. The molecule has 1 rings (SSSR count). The van der Waals surface area contributed by atoms with Crippen LogP contribution in [0, 0.1) is 18.7 Å². The zero-order valence-corrected chi connectivity index (χ0v) is 13.1. The van der Waals surface area contributed by atoms with E-state index in [0.29, 0.717) is 6.07 Å². The van der Waals surface area contributed by atoms with Gasteiger partial charge < -0.3 is 0 Å². The molecule has 0 saturated carbocycles. The molecule has 0 saturated heterocycles. The summed E-state index contributed by atoms with van der Waals surface area (Å²) in [6.45, 7) is 6.48. The summed E-state index contributed by atoms with van der Waals surface area (Å²) in [5.74, 6) is -1.62. The van der Waals surface area contributed by atoms with E-state index in [1.165, 1.54) is 6.92 Å². The standard InChI is InChI=1S/C14H19F4NOS/c1-7(2)13(21(19)20)9(4)11-5-10(15)6-12(8(11)3)14(16,17)18/h5-7,9,13H,19H2,1-4H3/t9-,13?,21?/m1/s1. The maximum atomic E-state index is 13.6. The van der Waals surface area contributed by atoms with Crippen molar-refractivity contribution in [2.24, 2.45) is 11.1 Å². The summed E-state index contributed by atoms with van der Waals surface area (Å²) in [7, 11) is -1.71. The van der Waals surface area contributed by atoms with E-state index in [0.717, 1.165) is 6.07 Å². The maximum absolute atomic E-state index is 13.6. The van der Waals surface area contributed by atoms with Crippen molar-refractivity contribution < 1.29 is 21.8 Å². The molecular formula is C14H19F4NOS. The smallest absolute Gasteiger partial charge is 0.252 e. The molecular weight excluding hydrogens is 306 g/mol. The summed E-state index contributed by atoms with van der Waals surface area (Å²) in [5.41, 5.74) is -0.859. The lowest BCUT2D eigenvalue weighted by Crippen LogP contribution is -2.32. The Kier molecular flexibility index (Phi) is 5.55. The first kappa shape index (κ1) is 18.1. The largest absolute Gasteiger partial charge is 0.416 e. The van der Waals surface area contributed by atoms with Gasteiger partial charge in [0, 0.05) is 0 Å². The van der Waals surface area contributed by atoms with Crippen LogP contribution in [-0.2, 0) is 17.2 Å². The molecule has 2 N–H and O–H groups in total. The molecule has 1 aromatic carbocycles. The van der Waals surface area contributed by atoms with E-state index in [4.69, 9.17) is 5.14 Å². The molecule has 120 valence electrons.